The number of H-pyrrole nitrogens is 1. The molecule has 0 bridgehead atoms. The Labute approximate surface area is 102 Å². The Hall–Kier alpha value is -1.29. The van der Waals surface area contributed by atoms with Gasteiger partial charge in [0.1, 0.15) is 0 Å². The Morgan fingerprint density at radius 1 is 1.38 bits per heavy atom. The molecule has 0 amide bonds. The lowest BCUT2D eigenvalue weighted by molar-refractivity contribution is 0.641. The second-order valence-corrected chi connectivity index (χ2v) is 5.08. The summed E-state index contributed by atoms with van der Waals surface area (Å²) in [6.45, 7) is 4.37. The normalized spacial score (nSPS) is 12.0. The van der Waals surface area contributed by atoms with E-state index in [0.717, 1.165) is 15.5 Å². The van der Waals surface area contributed by atoms with Gasteiger partial charge in [-0.3, -0.25) is 5.10 Å². The first kappa shape index (κ1) is 9.90. The van der Waals surface area contributed by atoms with E-state index in [1.165, 1.54) is 10.9 Å². The summed E-state index contributed by atoms with van der Waals surface area (Å²) in [6.07, 6.45) is 1.89. The standard InChI is InChI=1S/C12H12BrN3/c1-7(2)16-10-6-14-15-11(10)8-4-3-5-9(13)12(8)16/h3-7H,1-2H3,(H,14,15). The van der Waals surface area contributed by atoms with Gasteiger partial charge < -0.3 is 4.57 Å². The fourth-order valence-electron chi connectivity index (χ4n) is 2.28. The van der Waals surface area contributed by atoms with E-state index in [0.29, 0.717) is 6.04 Å². The number of aromatic amines is 1. The van der Waals surface area contributed by atoms with Gasteiger partial charge in [-0.05, 0) is 35.8 Å². The number of rotatable bonds is 1. The number of nitrogens with one attached hydrogen (secondary N) is 1. The molecule has 2 heterocycles. The Bertz CT molecular complexity index is 663. The third-order valence-corrected chi connectivity index (χ3v) is 3.53. The molecule has 0 aliphatic carbocycles. The fourth-order valence-corrected chi connectivity index (χ4v) is 2.84. The first-order chi connectivity index (χ1) is 7.70. The van der Waals surface area contributed by atoms with Gasteiger partial charge >= 0.3 is 0 Å². The van der Waals surface area contributed by atoms with Gasteiger partial charge in [-0.25, -0.2) is 0 Å². The zero-order chi connectivity index (χ0) is 11.3. The number of nitrogens with zero attached hydrogens (tertiary/aromatic N) is 2. The van der Waals surface area contributed by atoms with E-state index >= 15 is 0 Å². The highest BCUT2D eigenvalue weighted by molar-refractivity contribution is 9.10. The average molecular weight is 278 g/mol. The second-order valence-electron chi connectivity index (χ2n) is 4.23. The molecule has 4 heteroatoms. The van der Waals surface area contributed by atoms with Crippen molar-refractivity contribution in [2.75, 3.05) is 0 Å². The molecule has 0 spiro atoms. The maximum Gasteiger partial charge on any atom is 0.0909 e. The second kappa shape index (κ2) is 3.35. The number of aromatic nitrogens is 3. The fraction of sp³-hybridized carbons (Fsp3) is 0.250. The summed E-state index contributed by atoms with van der Waals surface area (Å²) in [5.74, 6) is 0. The highest BCUT2D eigenvalue weighted by Crippen LogP contribution is 2.34. The molecular weight excluding hydrogens is 266 g/mol. The SMILES string of the molecule is CC(C)n1c2cn[nH]c2c2cccc(Br)c21. The van der Waals surface area contributed by atoms with Gasteiger partial charge in [0.25, 0.3) is 0 Å². The van der Waals surface area contributed by atoms with Crippen LogP contribution in [-0.2, 0) is 0 Å². The summed E-state index contributed by atoms with van der Waals surface area (Å²) in [5, 5.41) is 8.41. The van der Waals surface area contributed by atoms with E-state index < -0.39 is 0 Å². The molecule has 1 aromatic carbocycles. The van der Waals surface area contributed by atoms with Gasteiger partial charge in [0.15, 0.2) is 0 Å². The molecular formula is C12H12BrN3. The van der Waals surface area contributed by atoms with Crippen LogP contribution in [-0.4, -0.2) is 14.8 Å². The lowest BCUT2D eigenvalue weighted by Crippen LogP contribution is -1.99. The highest BCUT2D eigenvalue weighted by atomic mass is 79.9. The first-order valence-corrected chi connectivity index (χ1v) is 6.11. The first-order valence-electron chi connectivity index (χ1n) is 5.31. The monoisotopic (exact) mass is 277 g/mol. The van der Waals surface area contributed by atoms with Gasteiger partial charge in [-0.1, -0.05) is 12.1 Å². The van der Waals surface area contributed by atoms with Crippen LogP contribution in [0, 0.1) is 0 Å². The topological polar surface area (TPSA) is 33.6 Å². The molecule has 3 nitrogen and oxygen atoms in total. The molecule has 0 saturated carbocycles. The number of hydrogen-bond acceptors (Lipinski definition) is 1. The summed E-state index contributed by atoms with van der Waals surface area (Å²) < 4.78 is 3.43. The predicted molar refractivity (Wildman–Crippen MR) is 69.7 cm³/mol. The Morgan fingerprint density at radius 2 is 2.19 bits per heavy atom. The van der Waals surface area contributed by atoms with Crippen LogP contribution >= 0.6 is 15.9 Å². The molecule has 2 aromatic heterocycles. The van der Waals surface area contributed by atoms with Gasteiger partial charge in [0.05, 0.1) is 22.7 Å². The van der Waals surface area contributed by atoms with Crippen LogP contribution in [0.3, 0.4) is 0 Å². The molecule has 0 atom stereocenters. The minimum atomic E-state index is 0.413. The molecule has 82 valence electrons. The lowest BCUT2D eigenvalue weighted by atomic mass is 10.2. The maximum atomic E-state index is 4.12. The smallest absolute Gasteiger partial charge is 0.0909 e. The van der Waals surface area contributed by atoms with Crippen LogP contribution in [0.15, 0.2) is 28.9 Å². The summed E-state index contributed by atoms with van der Waals surface area (Å²) in [5.41, 5.74) is 3.52. The van der Waals surface area contributed by atoms with Crippen LogP contribution in [0.25, 0.3) is 21.9 Å². The largest absolute Gasteiger partial charge is 0.334 e. The number of para-hydroxylation sites is 1. The van der Waals surface area contributed by atoms with Crippen molar-refractivity contribution >= 4 is 37.9 Å². The van der Waals surface area contributed by atoms with E-state index in [9.17, 15) is 0 Å². The van der Waals surface area contributed by atoms with Crippen LogP contribution in [0.4, 0.5) is 0 Å². The predicted octanol–water partition coefficient (Wildman–Crippen LogP) is 3.86. The van der Waals surface area contributed by atoms with Crippen molar-refractivity contribution in [3.63, 3.8) is 0 Å². The average Bonchev–Trinajstić information content (AvgIpc) is 2.77. The van der Waals surface area contributed by atoms with Crippen molar-refractivity contribution in [2.24, 2.45) is 0 Å². The minimum Gasteiger partial charge on any atom is -0.334 e. The molecule has 3 aromatic rings. The number of fused-ring (bicyclic) bond motifs is 3. The van der Waals surface area contributed by atoms with E-state index in [2.05, 4.69) is 62.7 Å². The van der Waals surface area contributed by atoms with Gasteiger partial charge in [0, 0.05) is 15.9 Å². The minimum absolute atomic E-state index is 0.413. The molecule has 0 fully saturated rings. The van der Waals surface area contributed by atoms with Crippen molar-refractivity contribution in [1.29, 1.82) is 0 Å². The van der Waals surface area contributed by atoms with Crippen LogP contribution in [0.2, 0.25) is 0 Å². The third kappa shape index (κ3) is 1.16. The quantitative estimate of drug-likeness (QED) is 0.720. The molecule has 16 heavy (non-hydrogen) atoms. The lowest BCUT2D eigenvalue weighted by Gasteiger charge is -2.11. The van der Waals surface area contributed by atoms with E-state index in [1.54, 1.807) is 0 Å². The van der Waals surface area contributed by atoms with E-state index in [1.807, 2.05) is 6.20 Å². The van der Waals surface area contributed by atoms with Crippen LogP contribution in [0.5, 0.6) is 0 Å². The highest BCUT2D eigenvalue weighted by Gasteiger charge is 2.15. The Morgan fingerprint density at radius 3 is 2.94 bits per heavy atom. The van der Waals surface area contributed by atoms with E-state index in [4.69, 9.17) is 0 Å². The summed E-state index contributed by atoms with van der Waals surface area (Å²) in [6, 6.07) is 6.67. The van der Waals surface area contributed by atoms with Crippen molar-refractivity contribution in [3.05, 3.63) is 28.9 Å². The number of benzene rings is 1. The van der Waals surface area contributed by atoms with Crippen molar-refractivity contribution in [3.8, 4) is 0 Å². The molecule has 0 aliphatic heterocycles. The molecule has 0 unspecified atom stereocenters. The van der Waals surface area contributed by atoms with Crippen LogP contribution in [0.1, 0.15) is 19.9 Å². The number of halogens is 1. The van der Waals surface area contributed by atoms with Gasteiger partial charge in [0.2, 0.25) is 0 Å². The molecule has 0 aliphatic rings. The van der Waals surface area contributed by atoms with Crippen molar-refractivity contribution < 1.29 is 0 Å². The zero-order valence-electron chi connectivity index (χ0n) is 9.16. The zero-order valence-corrected chi connectivity index (χ0v) is 10.7. The summed E-state index contributed by atoms with van der Waals surface area (Å²) in [7, 11) is 0. The van der Waals surface area contributed by atoms with Crippen molar-refractivity contribution in [2.45, 2.75) is 19.9 Å². The maximum absolute atomic E-state index is 4.12. The van der Waals surface area contributed by atoms with Gasteiger partial charge in [-0.15, -0.1) is 0 Å². The molecule has 1 N–H and O–H groups in total. The number of hydrogen-bond donors (Lipinski definition) is 1. The molecule has 0 saturated heterocycles. The Kier molecular flexibility index (Phi) is 2.07. The third-order valence-electron chi connectivity index (χ3n) is 2.89. The Balaban J connectivity index is 2.61. The van der Waals surface area contributed by atoms with Gasteiger partial charge in [-0.2, -0.15) is 5.10 Å². The molecule has 3 rings (SSSR count). The molecule has 0 radical (unpaired) electrons. The van der Waals surface area contributed by atoms with E-state index in [-0.39, 0.29) is 0 Å². The summed E-state index contributed by atoms with van der Waals surface area (Å²) in [4.78, 5) is 0. The van der Waals surface area contributed by atoms with Crippen LogP contribution < -0.4 is 0 Å². The summed E-state index contributed by atoms with van der Waals surface area (Å²) >= 11 is 3.62. The van der Waals surface area contributed by atoms with Crippen molar-refractivity contribution in [1.82, 2.24) is 14.8 Å².